The first-order chi connectivity index (χ1) is 9.56. The molecule has 104 valence electrons. The van der Waals surface area contributed by atoms with E-state index >= 15 is 0 Å². The van der Waals surface area contributed by atoms with Gasteiger partial charge in [-0.2, -0.15) is 0 Å². The largest absolute Gasteiger partial charge is 0.493 e. The summed E-state index contributed by atoms with van der Waals surface area (Å²) in [5.41, 5.74) is 3.98. The molecule has 2 aromatic carbocycles. The zero-order valence-electron chi connectivity index (χ0n) is 10.9. The molecule has 2 aromatic rings. The second-order valence-electron chi connectivity index (χ2n) is 4.97. The highest BCUT2D eigenvalue weighted by atomic mass is 35.5. The highest BCUT2D eigenvalue weighted by molar-refractivity contribution is 6.33. The average Bonchev–Trinajstić information content (AvgIpc) is 2.85. The van der Waals surface area contributed by atoms with E-state index in [0.29, 0.717) is 16.7 Å². The topological polar surface area (TPSA) is 9.23 Å². The summed E-state index contributed by atoms with van der Waals surface area (Å²) in [6, 6.07) is 9.67. The lowest BCUT2D eigenvalue weighted by Crippen LogP contribution is -1.98. The van der Waals surface area contributed by atoms with E-state index in [1.165, 1.54) is 0 Å². The molecule has 0 amide bonds. The molecule has 1 atom stereocenters. The molecule has 0 fully saturated rings. The number of fused-ring (bicyclic) bond motifs is 1. The zero-order chi connectivity index (χ0) is 14.3. The van der Waals surface area contributed by atoms with E-state index in [-0.39, 0.29) is 5.38 Å². The van der Waals surface area contributed by atoms with Crippen molar-refractivity contribution in [1.29, 1.82) is 0 Å². The highest BCUT2D eigenvalue weighted by Crippen LogP contribution is 2.43. The van der Waals surface area contributed by atoms with Crippen LogP contribution in [-0.2, 0) is 6.42 Å². The van der Waals surface area contributed by atoms with Crippen molar-refractivity contribution in [2.45, 2.75) is 18.7 Å². The maximum Gasteiger partial charge on any atom is 0.127 e. The molecule has 0 aromatic heterocycles. The van der Waals surface area contributed by atoms with Crippen LogP contribution in [0.15, 0.2) is 30.3 Å². The van der Waals surface area contributed by atoms with E-state index in [1.54, 1.807) is 0 Å². The molecule has 0 aliphatic carbocycles. The SMILES string of the molecule is Cc1ccc(C(Cl)c2cc(Cl)cc3c2OCC3)c(Cl)c1. The number of ether oxygens (including phenoxy) is 1. The molecule has 0 spiro atoms. The van der Waals surface area contributed by atoms with Gasteiger partial charge in [0, 0.05) is 22.0 Å². The van der Waals surface area contributed by atoms with Crippen LogP contribution in [-0.4, -0.2) is 6.61 Å². The van der Waals surface area contributed by atoms with E-state index in [1.807, 2.05) is 37.3 Å². The number of rotatable bonds is 2. The van der Waals surface area contributed by atoms with Crippen LogP contribution in [0.25, 0.3) is 0 Å². The molecule has 0 bridgehead atoms. The molecule has 1 heterocycles. The molecular weight excluding hydrogens is 315 g/mol. The first-order valence-electron chi connectivity index (χ1n) is 6.41. The number of aryl methyl sites for hydroxylation is 1. The van der Waals surface area contributed by atoms with Crippen molar-refractivity contribution in [2.75, 3.05) is 6.61 Å². The number of alkyl halides is 1. The second-order valence-corrected chi connectivity index (χ2v) is 6.25. The number of benzene rings is 2. The lowest BCUT2D eigenvalue weighted by atomic mass is 9.99. The van der Waals surface area contributed by atoms with Crippen molar-refractivity contribution in [3.8, 4) is 5.75 Å². The Morgan fingerprint density at radius 2 is 1.90 bits per heavy atom. The molecule has 20 heavy (non-hydrogen) atoms. The molecule has 0 radical (unpaired) electrons. The minimum atomic E-state index is -0.367. The van der Waals surface area contributed by atoms with Gasteiger partial charge in [-0.1, -0.05) is 35.3 Å². The van der Waals surface area contributed by atoms with Gasteiger partial charge in [-0.25, -0.2) is 0 Å². The third kappa shape index (κ3) is 2.50. The van der Waals surface area contributed by atoms with Crippen LogP contribution < -0.4 is 4.74 Å². The lowest BCUT2D eigenvalue weighted by molar-refractivity contribution is 0.353. The summed E-state index contributed by atoms with van der Waals surface area (Å²) in [6.45, 7) is 2.67. The van der Waals surface area contributed by atoms with E-state index in [4.69, 9.17) is 39.5 Å². The van der Waals surface area contributed by atoms with Crippen LogP contribution in [0.5, 0.6) is 5.75 Å². The van der Waals surface area contributed by atoms with Gasteiger partial charge in [0.05, 0.1) is 12.0 Å². The summed E-state index contributed by atoms with van der Waals surface area (Å²) in [4.78, 5) is 0. The fourth-order valence-electron chi connectivity index (χ4n) is 2.49. The Balaban J connectivity index is 2.09. The van der Waals surface area contributed by atoms with Gasteiger partial charge in [-0.3, -0.25) is 0 Å². The predicted molar refractivity (Wildman–Crippen MR) is 84.5 cm³/mol. The number of hydrogen-bond acceptors (Lipinski definition) is 1. The van der Waals surface area contributed by atoms with Gasteiger partial charge in [0.15, 0.2) is 0 Å². The Morgan fingerprint density at radius 1 is 1.10 bits per heavy atom. The predicted octanol–water partition coefficient (Wildman–Crippen LogP) is 5.56. The second kappa shape index (κ2) is 5.48. The fraction of sp³-hybridized carbons (Fsp3) is 0.250. The fourth-order valence-corrected chi connectivity index (χ4v) is 3.49. The van der Waals surface area contributed by atoms with Gasteiger partial charge in [0.2, 0.25) is 0 Å². The van der Waals surface area contributed by atoms with E-state index in [2.05, 4.69) is 0 Å². The van der Waals surface area contributed by atoms with Crippen LogP contribution in [0, 0.1) is 6.92 Å². The lowest BCUT2D eigenvalue weighted by Gasteiger charge is -2.16. The summed E-state index contributed by atoms with van der Waals surface area (Å²) < 4.78 is 5.70. The van der Waals surface area contributed by atoms with Crippen LogP contribution in [0.3, 0.4) is 0 Å². The van der Waals surface area contributed by atoms with Crippen molar-refractivity contribution in [3.05, 3.63) is 62.6 Å². The minimum absolute atomic E-state index is 0.367. The van der Waals surface area contributed by atoms with Crippen molar-refractivity contribution in [3.63, 3.8) is 0 Å². The summed E-state index contributed by atoms with van der Waals surface area (Å²) in [5, 5.41) is 0.975. The van der Waals surface area contributed by atoms with E-state index in [0.717, 1.165) is 34.4 Å². The Labute approximate surface area is 133 Å². The van der Waals surface area contributed by atoms with Crippen molar-refractivity contribution in [2.24, 2.45) is 0 Å². The van der Waals surface area contributed by atoms with Crippen LogP contribution in [0.1, 0.15) is 27.6 Å². The van der Waals surface area contributed by atoms with Gasteiger partial charge in [-0.15, -0.1) is 11.6 Å². The van der Waals surface area contributed by atoms with Gasteiger partial charge >= 0.3 is 0 Å². The Hall–Kier alpha value is -0.890. The molecule has 0 saturated carbocycles. The van der Waals surface area contributed by atoms with E-state index in [9.17, 15) is 0 Å². The maximum absolute atomic E-state index is 6.62. The van der Waals surface area contributed by atoms with Gasteiger partial charge in [0.25, 0.3) is 0 Å². The monoisotopic (exact) mass is 326 g/mol. The molecule has 1 unspecified atom stereocenters. The summed E-state index contributed by atoms with van der Waals surface area (Å²) in [6.07, 6.45) is 0.869. The van der Waals surface area contributed by atoms with Gasteiger partial charge in [-0.05, 0) is 41.8 Å². The molecule has 3 rings (SSSR count). The molecule has 1 nitrogen and oxygen atoms in total. The Kier molecular flexibility index (Phi) is 3.85. The first-order valence-corrected chi connectivity index (χ1v) is 7.60. The molecule has 4 heteroatoms. The smallest absolute Gasteiger partial charge is 0.127 e. The Bertz CT molecular complexity index is 667. The van der Waals surface area contributed by atoms with Crippen molar-refractivity contribution >= 4 is 34.8 Å². The normalized spacial score (nSPS) is 14.8. The van der Waals surface area contributed by atoms with E-state index < -0.39 is 0 Å². The summed E-state index contributed by atoms with van der Waals surface area (Å²) >= 11 is 19.1. The summed E-state index contributed by atoms with van der Waals surface area (Å²) in [5.74, 6) is 0.853. The van der Waals surface area contributed by atoms with Crippen LogP contribution in [0.2, 0.25) is 10.0 Å². The van der Waals surface area contributed by atoms with Gasteiger partial charge < -0.3 is 4.74 Å². The summed E-state index contributed by atoms with van der Waals surface area (Å²) in [7, 11) is 0. The third-order valence-electron chi connectivity index (χ3n) is 3.48. The maximum atomic E-state index is 6.62. The first kappa shape index (κ1) is 14.1. The van der Waals surface area contributed by atoms with Crippen molar-refractivity contribution in [1.82, 2.24) is 0 Å². The average molecular weight is 328 g/mol. The molecule has 1 aliphatic rings. The number of halogens is 3. The zero-order valence-corrected chi connectivity index (χ0v) is 13.2. The molecule has 0 saturated heterocycles. The standard InChI is InChI=1S/C16H13Cl3O/c1-9-2-3-12(14(18)6-9)15(19)13-8-11(17)7-10-4-5-20-16(10)13/h2-3,6-8,15H,4-5H2,1H3. The van der Waals surface area contributed by atoms with Gasteiger partial charge in [0.1, 0.15) is 5.75 Å². The Morgan fingerprint density at radius 3 is 2.65 bits per heavy atom. The quantitative estimate of drug-likeness (QED) is 0.656. The van der Waals surface area contributed by atoms with Crippen LogP contribution >= 0.6 is 34.8 Å². The van der Waals surface area contributed by atoms with Crippen LogP contribution in [0.4, 0.5) is 0 Å². The van der Waals surface area contributed by atoms with Crippen molar-refractivity contribution < 1.29 is 4.74 Å². The number of hydrogen-bond donors (Lipinski definition) is 0. The highest BCUT2D eigenvalue weighted by Gasteiger charge is 2.24. The molecule has 1 aliphatic heterocycles. The minimum Gasteiger partial charge on any atom is -0.493 e. The molecular formula is C16H13Cl3O. The third-order valence-corrected chi connectivity index (χ3v) is 4.49. The molecule has 0 N–H and O–H groups in total.